The first-order valence-electron chi connectivity index (χ1n) is 18.4. The zero-order valence-corrected chi connectivity index (χ0v) is 35.2. The van der Waals surface area contributed by atoms with Gasteiger partial charge in [0.05, 0.1) is 27.4 Å². The Hall–Kier alpha value is -4.30. The summed E-state index contributed by atoms with van der Waals surface area (Å²) in [6, 6.07) is 30.7. The lowest BCUT2D eigenvalue weighted by Crippen LogP contribution is -2.40. The number of benzene rings is 4. The van der Waals surface area contributed by atoms with Gasteiger partial charge in [-0.25, -0.2) is 16.8 Å². The molecule has 0 saturated heterocycles. The van der Waals surface area contributed by atoms with E-state index in [-0.39, 0.29) is 26.3 Å². The number of ether oxygens (including phenoxy) is 4. The minimum Gasteiger partial charge on any atom is -0.497 e. The van der Waals surface area contributed by atoms with Crippen molar-refractivity contribution in [1.29, 1.82) is 0 Å². The number of allylic oxidation sites excluding steroid dienone is 2. The first-order chi connectivity index (χ1) is 26.8. The molecule has 12 heteroatoms. The highest BCUT2D eigenvalue weighted by atomic mass is 32.2. The Kier molecular flexibility index (Phi) is 19.0. The van der Waals surface area contributed by atoms with Crippen LogP contribution < -0.4 is 9.47 Å². The minimum absolute atomic E-state index is 0.126. The Morgan fingerprint density at radius 2 is 0.768 bits per heavy atom. The SMILES string of the molecule is C=CC[C@@H](COC)S(=O)(=O)N(Cc1ccc(C)cc1)Cc1ccc(OC)cc1.C=CC[C@H](COC)S(=O)(=O)N(Cc1ccc(C)cc1)Cc1ccc(OC)cc1. The van der Waals surface area contributed by atoms with Crippen molar-refractivity contribution in [3.8, 4) is 11.5 Å². The molecule has 0 aliphatic carbocycles. The first kappa shape index (κ1) is 46.1. The van der Waals surface area contributed by atoms with Crippen molar-refractivity contribution < 1.29 is 35.8 Å². The fraction of sp³-hybridized carbons (Fsp3) is 0.364. The quantitative estimate of drug-likeness (QED) is 0.0739. The second-order valence-corrected chi connectivity index (χ2v) is 17.9. The van der Waals surface area contributed by atoms with Crippen LogP contribution in [0.1, 0.15) is 46.2 Å². The van der Waals surface area contributed by atoms with Crippen molar-refractivity contribution >= 4 is 20.0 Å². The lowest BCUT2D eigenvalue weighted by Gasteiger charge is -2.27. The Balaban J connectivity index is 0.000000300. The van der Waals surface area contributed by atoms with Gasteiger partial charge in [0.1, 0.15) is 22.0 Å². The van der Waals surface area contributed by atoms with Crippen LogP contribution in [-0.4, -0.2) is 77.6 Å². The third-order valence-electron chi connectivity index (χ3n) is 9.12. The van der Waals surface area contributed by atoms with Gasteiger partial charge in [0, 0.05) is 40.4 Å². The molecule has 2 atom stereocenters. The maximum Gasteiger partial charge on any atom is 0.220 e. The molecule has 0 saturated carbocycles. The van der Waals surface area contributed by atoms with Crippen LogP contribution in [0.3, 0.4) is 0 Å². The molecule has 56 heavy (non-hydrogen) atoms. The Morgan fingerprint density at radius 3 is 1.00 bits per heavy atom. The molecule has 0 heterocycles. The molecule has 0 fully saturated rings. The van der Waals surface area contributed by atoms with Gasteiger partial charge in [-0.15, -0.1) is 13.2 Å². The van der Waals surface area contributed by atoms with Crippen molar-refractivity contribution in [2.75, 3.05) is 41.7 Å². The standard InChI is InChI=1S/2C22H29NO4S/c2*1-5-6-22(17-26-3)28(24,25)23(15-19-9-7-18(2)8-10-19)16-20-11-13-21(27-4)14-12-20/h2*5,7-14,22H,1,6,15-17H2,2-4H3/t2*22-/m10/s1. The van der Waals surface area contributed by atoms with Gasteiger partial charge in [0.2, 0.25) is 20.0 Å². The molecule has 0 amide bonds. The molecule has 0 radical (unpaired) electrons. The molecule has 10 nitrogen and oxygen atoms in total. The van der Waals surface area contributed by atoms with Gasteiger partial charge in [-0.2, -0.15) is 8.61 Å². The van der Waals surface area contributed by atoms with Crippen LogP contribution in [0.2, 0.25) is 0 Å². The maximum atomic E-state index is 13.4. The molecule has 0 aromatic heterocycles. The monoisotopic (exact) mass is 806 g/mol. The number of aryl methyl sites for hydroxylation is 2. The Morgan fingerprint density at radius 1 is 0.500 bits per heavy atom. The second kappa shape index (κ2) is 23.1. The number of nitrogens with zero attached hydrogens (tertiary/aromatic N) is 2. The number of rotatable bonds is 22. The number of methoxy groups -OCH3 is 4. The topological polar surface area (TPSA) is 112 Å². The van der Waals surface area contributed by atoms with Crippen LogP contribution in [0.15, 0.2) is 122 Å². The maximum absolute atomic E-state index is 13.4. The summed E-state index contributed by atoms with van der Waals surface area (Å²) in [4.78, 5) is 0. The van der Waals surface area contributed by atoms with E-state index in [0.29, 0.717) is 25.9 Å². The van der Waals surface area contributed by atoms with Crippen LogP contribution in [0.5, 0.6) is 11.5 Å². The van der Waals surface area contributed by atoms with Crippen molar-refractivity contribution in [2.45, 2.75) is 63.4 Å². The fourth-order valence-electron chi connectivity index (χ4n) is 5.85. The van der Waals surface area contributed by atoms with E-state index < -0.39 is 30.5 Å². The molecule has 0 spiro atoms. The van der Waals surface area contributed by atoms with Gasteiger partial charge in [-0.1, -0.05) is 96.1 Å². The van der Waals surface area contributed by atoms with Gasteiger partial charge < -0.3 is 18.9 Å². The summed E-state index contributed by atoms with van der Waals surface area (Å²) >= 11 is 0. The molecule has 4 rings (SSSR count). The van der Waals surface area contributed by atoms with Gasteiger partial charge in [-0.05, 0) is 73.2 Å². The van der Waals surface area contributed by atoms with E-state index in [4.69, 9.17) is 18.9 Å². The van der Waals surface area contributed by atoms with Crippen LogP contribution in [0, 0.1) is 13.8 Å². The van der Waals surface area contributed by atoms with E-state index in [2.05, 4.69) is 13.2 Å². The summed E-state index contributed by atoms with van der Waals surface area (Å²) in [6.45, 7) is 12.8. The summed E-state index contributed by atoms with van der Waals surface area (Å²) in [6.07, 6.45) is 3.92. The highest BCUT2D eigenvalue weighted by molar-refractivity contribution is 7.90. The summed E-state index contributed by atoms with van der Waals surface area (Å²) in [5.41, 5.74) is 5.95. The normalized spacial score (nSPS) is 12.7. The molecule has 0 unspecified atom stereocenters. The minimum atomic E-state index is -3.60. The average Bonchev–Trinajstić information content (AvgIpc) is 3.19. The molecule has 4 aromatic carbocycles. The third kappa shape index (κ3) is 14.0. The number of hydrogen-bond acceptors (Lipinski definition) is 8. The third-order valence-corrected chi connectivity index (χ3v) is 13.4. The number of hydrogen-bond donors (Lipinski definition) is 0. The zero-order chi connectivity index (χ0) is 41.1. The van der Waals surface area contributed by atoms with Gasteiger partial charge in [0.15, 0.2) is 0 Å². The predicted molar refractivity (Wildman–Crippen MR) is 226 cm³/mol. The van der Waals surface area contributed by atoms with E-state index in [1.165, 1.54) is 22.8 Å². The summed E-state index contributed by atoms with van der Waals surface area (Å²) in [5, 5.41) is -1.34. The van der Waals surface area contributed by atoms with Crippen molar-refractivity contribution in [1.82, 2.24) is 8.61 Å². The van der Waals surface area contributed by atoms with E-state index in [9.17, 15) is 16.8 Å². The fourth-order valence-corrected chi connectivity index (χ4v) is 9.39. The van der Waals surface area contributed by atoms with E-state index in [0.717, 1.165) is 44.9 Å². The molecule has 4 aromatic rings. The lowest BCUT2D eigenvalue weighted by molar-refractivity contribution is 0.194. The Bertz CT molecular complexity index is 1840. The molecule has 304 valence electrons. The zero-order valence-electron chi connectivity index (χ0n) is 33.6. The predicted octanol–water partition coefficient (Wildman–Crippen LogP) is 7.85. The summed E-state index contributed by atoms with van der Waals surface area (Å²) in [7, 11) is -0.971. The smallest absolute Gasteiger partial charge is 0.220 e. The molecular formula is C44H58N2O8S2. The largest absolute Gasteiger partial charge is 0.497 e. The average molecular weight is 807 g/mol. The summed E-state index contributed by atoms with van der Waals surface area (Å²) < 4.78 is 77.3. The van der Waals surface area contributed by atoms with Crippen molar-refractivity contribution in [3.05, 3.63) is 156 Å². The molecular weight excluding hydrogens is 749 g/mol. The molecule has 0 bridgehead atoms. The first-order valence-corrected chi connectivity index (χ1v) is 21.4. The van der Waals surface area contributed by atoms with E-state index in [1.807, 2.05) is 111 Å². The summed E-state index contributed by atoms with van der Waals surface area (Å²) in [5.74, 6) is 1.47. The van der Waals surface area contributed by atoms with Gasteiger partial charge in [-0.3, -0.25) is 0 Å². The van der Waals surface area contributed by atoms with Crippen LogP contribution in [0.25, 0.3) is 0 Å². The van der Waals surface area contributed by atoms with Gasteiger partial charge >= 0.3 is 0 Å². The van der Waals surface area contributed by atoms with Crippen LogP contribution >= 0.6 is 0 Å². The van der Waals surface area contributed by atoms with Crippen molar-refractivity contribution in [2.24, 2.45) is 0 Å². The Labute approximate surface area is 335 Å². The van der Waals surface area contributed by atoms with Crippen LogP contribution in [-0.2, 0) is 55.7 Å². The number of sulfonamides is 2. The van der Waals surface area contributed by atoms with E-state index >= 15 is 0 Å². The molecule has 0 aliphatic rings. The highest BCUT2D eigenvalue weighted by Gasteiger charge is 2.33. The van der Waals surface area contributed by atoms with Crippen LogP contribution in [0.4, 0.5) is 0 Å². The lowest BCUT2D eigenvalue weighted by atomic mass is 10.1. The van der Waals surface area contributed by atoms with Gasteiger partial charge in [0.25, 0.3) is 0 Å². The van der Waals surface area contributed by atoms with Crippen molar-refractivity contribution in [3.63, 3.8) is 0 Å². The molecule has 0 N–H and O–H groups in total. The molecule has 0 aliphatic heterocycles. The van der Waals surface area contributed by atoms with E-state index in [1.54, 1.807) is 26.4 Å². The second-order valence-electron chi connectivity index (χ2n) is 13.5. The highest BCUT2D eigenvalue weighted by Crippen LogP contribution is 2.24.